The Kier molecular flexibility index (Phi) is 34.8. The lowest BCUT2D eigenvalue weighted by Gasteiger charge is -2.48. The molecule has 3 rings (SSSR count). The van der Waals surface area contributed by atoms with Crippen LogP contribution in [0.2, 0.25) is 0 Å². The number of carbonyl (C=O) groups is 1. The van der Waals surface area contributed by atoms with Crippen LogP contribution >= 0.6 is 0 Å². The number of carbonyl (C=O) groups excluding carboxylic acids is 1. The molecule has 3 fully saturated rings. The van der Waals surface area contributed by atoms with Crippen LogP contribution in [-0.4, -0.2) is 193 Å². The summed E-state index contributed by atoms with van der Waals surface area (Å²) in [5.41, 5.74) is 0. The van der Waals surface area contributed by atoms with Gasteiger partial charge in [-0.1, -0.05) is 144 Å². The Bertz CT molecular complexity index is 1700. The zero-order valence-corrected chi connectivity index (χ0v) is 44.2. The molecule has 3 aliphatic rings. The van der Waals surface area contributed by atoms with Crippen molar-refractivity contribution in [2.24, 2.45) is 0 Å². The fraction of sp³-hybridized carbons (Fsp3) is 0.732. The molecule has 75 heavy (non-hydrogen) atoms. The Balaban J connectivity index is 1.48. The minimum atomic E-state index is -1.98. The molecular formula is C56H93NO18. The van der Waals surface area contributed by atoms with E-state index in [0.29, 0.717) is 25.7 Å². The SMILES string of the molecule is CC/C=C\C/C=C\C/C=C\C/C=C\C/C=C\C/C=C\C/C=C\CCCC(=O)NC(COC1OC(CO)C(OC2OC(CO)C(OC3OC(CO)C(O)C(O)C3O)C(O)C2O)C(O)C1O)C(O)CCCCCCCCC. The Hall–Kier alpha value is -3.03. The van der Waals surface area contributed by atoms with Crippen molar-refractivity contribution in [3.63, 3.8) is 0 Å². The van der Waals surface area contributed by atoms with E-state index in [1.54, 1.807) is 0 Å². The van der Waals surface area contributed by atoms with Gasteiger partial charge in [-0.15, -0.1) is 0 Å². The third-order valence-electron chi connectivity index (χ3n) is 13.2. The van der Waals surface area contributed by atoms with E-state index >= 15 is 0 Å². The third kappa shape index (κ3) is 24.3. The minimum absolute atomic E-state index is 0.180. The molecule has 430 valence electrons. The van der Waals surface area contributed by atoms with Gasteiger partial charge in [-0.2, -0.15) is 0 Å². The highest BCUT2D eigenvalue weighted by molar-refractivity contribution is 5.76. The van der Waals surface area contributed by atoms with Gasteiger partial charge >= 0.3 is 0 Å². The summed E-state index contributed by atoms with van der Waals surface area (Å²) in [5.74, 6) is -0.311. The highest BCUT2D eigenvalue weighted by Crippen LogP contribution is 2.33. The maximum Gasteiger partial charge on any atom is 0.220 e. The van der Waals surface area contributed by atoms with E-state index in [9.17, 15) is 61.0 Å². The molecule has 3 aliphatic heterocycles. The second-order valence-corrected chi connectivity index (χ2v) is 19.3. The van der Waals surface area contributed by atoms with Gasteiger partial charge < -0.3 is 89.9 Å². The first-order valence-corrected chi connectivity index (χ1v) is 27.3. The van der Waals surface area contributed by atoms with Crippen LogP contribution in [-0.2, 0) is 33.2 Å². The Labute approximate surface area is 444 Å². The summed E-state index contributed by atoms with van der Waals surface area (Å²) in [4.78, 5) is 13.2. The summed E-state index contributed by atoms with van der Waals surface area (Å²) >= 11 is 0. The van der Waals surface area contributed by atoms with E-state index < -0.39 is 124 Å². The van der Waals surface area contributed by atoms with E-state index in [1.165, 1.54) is 0 Å². The van der Waals surface area contributed by atoms with Crippen LogP contribution in [0.1, 0.15) is 129 Å². The third-order valence-corrected chi connectivity index (χ3v) is 13.2. The van der Waals surface area contributed by atoms with E-state index in [1.807, 2.05) is 6.08 Å². The summed E-state index contributed by atoms with van der Waals surface area (Å²) in [7, 11) is 0. The summed E-state index contributed by atoms with van der Waals surface area (Å²) in [6, 6.07) is -0.920. The second kappa shape index (κ2) is 39.3. The van der Waals surface area contributed by atoms with Gasteiger partial charge in [0.2, 0.25) is 5.91 Å². The molecule has 0 aromatic carbocycles. The molecule has 0 saturated carbocycles. The molecule has 0 aromatic rings. The number of unbranched alkanes of at least 4 members (excludes halogenated alkanes) is 7. The van der Waals surface area contributed by atoms with Crippen molar-refractivity contribution >= 4 is 5.91 Å². The first-order chi connectivity index (χ1) is 36.3. The molecule has 17 unspecified atom stereocenters. The van der Waals surface area contributed by atoms with Crippen molar-refractivity contribution in [3.05, 3.63) is 85.1 Å². The normalized spacial score (nSPS) is 31.9. The zero-order valence-electron chi connectivity index (χ0n) is 44.2. The van der Waals surface area contributed by atoms with Crippen LogP contribution in [0.5, 0.6) is 0 Å². The van der Waals surface area contributed by atoms with Crippen LogP contribution < -0.4 is 5.32 Å². The maximum absolute atomic E-state index is 13.2. The Morgan fingerprint density at radius 1 is 0.493 bits per heavy atom. The van der Waals surface area contributed by atoms with Gasteiger partial charge in [0.1, 0.15) is 73.2 Å². The molecule has 0 radical (unpaired) electrons. The lowest BCUT2D eigenvalue weighted by molar-refractivity contribution is -0.379. The number of nitrogens with one attached hydrogen (secondary N) is 1. The maximum atomic E-state index is 13.2. The molecule has 19 nitrogen and oxygen atoms in total. The molecule has 19 heteroatoms. The van der Waals surface area contributed by atoms with Gasteiger partial charge in [-0.3, -0.25) is 4.79 Å². The lowest BCUT2D eigenvalue weighted by Crippen LogP contribution is -2.66. The van der Waals surface area contributed by atoms with E-state index in [0.717, 1.165) is 83.5 Å². The predicted molar refractivity (Wildman–Crippen MR) is 281 cm³/mol. The molecule has 17 atom stereocenters. The first-order valence-electron chi connectivity index (χ1n) is 27.3. The fourth-order valence-electron chi connectivity index (χ4n) is 8.71. The number of hydrogen-bond donors (Lipinski definition) is 12. The largest absolute Gasteiger partial charge is 0.394 e. The number of aliphatic hydroxyl groups excluding tert-OH is 11. The molecule has 0 aromatic heterocycles. The average Bonchev–Trinajstić information content (AvgIpc) is 3.41. The standard InChI is InChI=1S/C56H93NO18/c1-3-5-7-9-11-12-13-14-15-16-17-18-19-20-21-22-23-24-25-26-28-30-32-34-44(62)57-39(40(61)33-31-29-27-10-8-6-4-2)38-70-54-50(68)47(65)52(42(36-59)72-54)75-56-51(69)48(66)53(43(37-60)73-56)74-55-49(67)46(64)45(63)41(35-58)71-55/h5,7,11-12,14-15,17-18,20-21,23-24,26,28,39-43,45-56,58-61,63-69H,3-4,6,8-10,13,16,19,22,25,27,29-38H2,1-2H3,(H,57,62)/b7-5-,12-11-,15-14-,18-17-,21-20-,24-23-,28-26-. The summed E-state index contributed by atoms with van der Waals surface area (Å²) in [6.45, 7) is 1.52. The highest BCUT2D eigenvalue weighted by Gasteiger charge is 2.53. The van der Waals surface area contributed by atoms with Crippen molar-refractivity contribution in [1.82, 2.24) is 5.32 Å². The number of rotatable bonds is 37. The average molecular weight is 1070 g/mol. The van der Waals surface area contributed by atoms with E-state index in [2.05, 4.69) is 98.2 Å². The predicted octanol–water partition coefficient (Wildman–Crippen LogP) is 3.25. The van der Waals surface area contributed by atoms with Crippen LogP contribution in [0.25, 0.3) is 0 Å². The van der Waals surface area contributed by atoms with E-state index in [4.69, 9.17) is 28.4 Å². The van der Waals surface area contributed by atoms with Gasteiger partial charge in [0.15, 0.2) is 18.9 Å². The molecule has 3 saturated heterocycles. The molecule has 1 amide bonds. The smallest absolute Gasteiger partial charge is 0.220 e. The highest BCUT2D eigenvalue weighted by atomic mass is 16.8. The number of allylic oxidation sites excluding steroid dienone is 14. The van der Waals surface area contributed by atoms with Gasteiger partial charge in [0.25, 0.3) is 0 Å². The van der Waals surface area contributed by atoms with Gasteiger partial charge in [0, 0.05) is 6.42 Å². The number of amides is 1. The van der Waals surface area contributed by atoms with Crippen LogP contribution in [0.3, 0.4) is 0 Å². The minimum Gasteiger partial charge on any atom is -0.394 e. The molecule has 0 bridgehead atoms. The van der Waals surface area contributed by atoms with Crippen molar-refractivity contribution < 1.29 is 89.4 Å². The van der Waals surface area contributed by atoms with Gasteiger partial charge in [-0.05, 0) is 64.2 Å². The molecule has 0 spiro atoms. The molecule has 12 N–H and O–H groups in total. The fourth-order valence-corrected chi connectivity index (χ4v) is 8.71. The Morgan fingerprint density at radius 2 is 0.907 bits per heavy atom. The topological polar surface area (TPSA) is 307 Å². The summed E-state index contributed by atoms with van der Waals surface area (Å²) in [6.07, 6.45) is 18.7. The van der Waals surface area contributed by atoms with E-state index in [-0.39, 0.29) is 18.9 Å². The first kappa shape index (κ1) is 66.3. The van der Waals surface area contributed by atoms with Crippen molar-refractivity contribution in [2.75, 3.05) is 26.4 Å². The number of aliphatic hydroxyl groups is 11. The molecule has 0 aliphatic carbocycles. The Morgan fingerprint density at radius 3 is 1.39 bits per heavy atom. The quantitative estimate of drug-likeness (QED) is 0.0314. The second-order valence-electron chi connectivity index (χ2n) is 19.3. The van der Waals surface area contributed by atoms with Crippen LogP contribution in [0, 0.1) is 0 Å². The zero-order chi connectivity index (χ0) is 54.8. The van der Waals surface area contributed by atoms with Crippen molar-refractivity contribution in [1.29, 1.82) is 0 Å². The van der Waals surface area contributed by atoms with Gasteiger partial charge in [-0.25, -0.2) is 0 Å². The number of ether oxygens (including phenoxy) is 6. The monoisotopic (exact) mass is 1070 g/mol. The molecular weight excluding hydrogens is 975 g/mol. The van der Waals surface area contributed by atoms with Crippen LogP contribution in [0.15, 0.2) is 85.1 Å². The summed E-state index contributed by atoms with van der Waals surface area (Å²) < 4.78 is 34.1. The van der Waals surface area contributed by atoms with Crippen molar-refractivity contribution in [3.8, 4) is 0 Å². The summed E-state index contributed by atoms with van der Waals surface area (Å²) in [5, 5.41) is 120. The molecule has 3 heterocycles. The van der Waals surface area contributed by atoms with Crippen LogP contribution in [0.4, 0.5) is 0 Å². The van der Waals surface area contributed by atoms with Crippen molar-refractivity contribution in [2.45, 2.75) is 234 Å². The lowest BCUT2D eigenvalue weighted by atomic mass is 9.96. The number of hydrogen-bond acceptors (Lipinski definition) is 18. The van der Waals surface area contributed by atoms with Gasteiger partial charge in [0.05, 0.1) is 38.6 Å².